The van der Waals surface area contributed by atoms with Crippen molar-refractivity contribution in [1.82, 2.24) is 25.6 Å². The Labute approximate surface area is 138 Å². The Hall–Kier alpha value is -1.63. The van der Waals surface area contributed by atoms with Crippen molar-refractivity contribution >= 4 is 6.09 Å². The van der Waals surface area contributed by atoms with Crippen molar-refractivity contribution < 1.29 is 9.53 Å². The van der Waals surface area contributed by atoms with Gasteiger partial charge in [-0.15, -0.1) is 5.10 Å². The summed E-state index contributed by atoms with van der Waals surface area (Å²) in [5.41, 5.74) is 0.561. The molecule has 1 unspecified atom stereocenters. The first-order valence-electron chi connectivity index (χ1n) is 8.39. The summed E-state index contributed by atoms with van der Waals surface area (Å²) in [6.45, 7) is 6.88. The third-order valence-electron chi connectivity index (χ3n) is 4.19. The lowest BCUT2D eigenvalue weighted by atomic mass is 9.98. The molecule has 1 heterocycles. The minimum Gasteiger partial charge on any atom is -0.444 e. The fourth-order valence-electron chi connectivity index (χ4n) is 2.98. The molecule has 1 fully saturated rings. The van der Waals surface area contributed by atoms with Gasteiger partial charge < -0.3 is 15.4 Å². The molecule has 0 spiro atoms. The van der Waals surface area contributed by atoms with Gasteiger partial charge in [-0.25, -0.2) is 4.79 Å². The van der Waals surface area contributed by atoms with E-state index in [1.54, 1.807) is 10.9 Å². The highest BCUT2D eigenvalue weighted by molar-refractivity contribution is 5.67. The van der Waals surface area contributed by atoms with Crippen LogP contribution in [-0.4, -0.2) is 39.3 Å². The predicted octanol–water partition coefficient (Wildman–Crippen LogP) is 1.99. The molecule has 7 nitrogen and oxygen atoms in total. The highest BCUT2D eigenvalue weighted by Gasteiger charge is 2.26. The molecule has 130 valence electrons. The van der Waals surface area contributed by atoms with Crippen LogP contribution in [0, 0.1) is 5.92 Å². The van der Waals surface area contributed by atoms with Crippen molar-refractivity contribution in [1.29, 1.82) is 0 Å². The summed E-state index contributed by atoms with van der Waals surface area (Å²) < 4.78 is 7.08. The largest absolute Gasteiger partial charge is 0.444 e. The monoisotopic (exact) mass is 323 g/mol. The first-order chi connectivity index (χ1) is 10.8. The fraction of sp³-hybridized carbons (Fsp3) is 0.812. The van der Waals surface area contributed by atoms with Crippen LogP contribution in [0.5, 0.6) is 0 Å². The number of nitrogens with one attached hydrogen (secondary N) is 2. The predicted molar refractivity (Wildman–Crippen MR) is 87.8 cm³/mol. The normalized spacial score (nSPS) is 17.2. The Bertz CT molecular complexity index is 503. The van der Waals surface area contributed by atoms with Gasteiger partial charge in [0.1, 0.15) is 5.60 Å². The van der Waals surface area contributed by atoms with Gasteiger partial charge in [0.2, 0.25) is 0 Å². The van der Waals surface area contributed by atoms with Crippen LogP contribution < -0.4 is 10.6 Å². The van der Waals surface area contributed by atoms with E-state index in [0.29, 0.717) is 19.0 Å². The molecule has 1 aromatic rings. The smallest absolute Gasteiger partial charge is 0.407 e. The molecule has 1 amide bonds. The molecule has 1 aliphatic rings. The fourth-order valence-corrected chi connectivity index (χ4v) is 2.98. The molecule has 1 aromatic heterocycles. The number of nitrogens with zero attached hydrogens (tertiary/aromatic N) is 3. The molecule has 0 aromatic carbocycles. The van der Waals surface area contributed by atoms with Crippen LogP contribution in [-0.2, 0) is 18.3 Å². The van der Waals surface area contributed by atoms with Gasteiger partial charge in [0, 0.05) is 26.2 Å². The number of aryl methyl sites for hydroxylation is 1. The van der Waals surface area contributed by atoms with Gasteiger partial charge in [-0.2, -0.15) is 0 Å². The molecule has 2 N–H and O–H groups in total. The maximum absolute atomic E-state index is 11.9. The summed E-state index contributed by atoms with van der Waals surface area (Å²) in [5, 5.41) is 14.3. The SMILES string of the molecule is Cn1nncc1CNC(CNC(=O)OC(C)(C)C)C1CCCC1. The standard InChI is InChI=1S/C16H29N5O2/c1-16(2,3)23-15(22)18-11-14(12-7-5-6-8-12)17-9-13-10-19-20-21(13)4/h10,12,14,17H,5-9,11H2,1-4H3,(H,18,22). The van der Waals surface area contributed by atoms with E-state index in [-0.39, 0.29) is 12.1 Å². The van der Waals surface area contributed by atoms with Crippen molar-refractivity contribution in [3.63, 3.8) is 0 Å². The van der Waals surface area contributed by atoms with Crippen LogP contribution in [0.1, 0.15) is 52.1 Å². The Balaban J connectivity index is 1.87. The molecule has 0 saturated heterocycles. The van der Waals surface area contributed by atoms with Crippen LogP contribution >= 0.6 is 0 Å². The molecule has 1 aliphatic carbocycles. The summed E-state index contributed by atoms with van der Waals surface area (Å²) in [6.07, 6.45) is 6.35. The molecule has 0 bridgehead atoms. The molecule has 23 heavy (non-hydrogen) atoms. The van der Waals surface area contributed by atoms with Crippen molar-refractivity contribution in [2.24, 2.45) is 13.0 Å². The highest BCUT2D eigenvalue weighted by atomic mass is 16.6. The van der Waals surface area contributed by atoms with Crippen LogP contribution in [0.2, 0.25) is 0 Å². The number of hydrogen-bond donors (Lipinski definition) is 2. The number of amides is 1. The van der Waals surface area contributed by atoms with Crippen molar-refractivity contribution in [2.75, 3.05) is 6.54 Å². The van der Waals surface area contributed by atoms with Gasteiger partial charge in [-0.3, -0.25) is 4.68 Å². The van der Waals surface area contributed by atoms with E-state index in [4.69, 9.17) is 4.74 Å². The van der Waals surface area contributed by atoms with E-state index in [1.165, 1.54) is 25.7 Å². The Kier molecular flexibility index (Phi) is 5.98. The lowest BCUT2D eigenvalue weighted by molar-refractivity contribution is 0.0518. The number of carbonyl (C=O) groups is 1. The Morgan fingerprint density at radius 3 is 2.70 bits per heavy atom. The van der Waals surface area contributed by atoms with Gasteiger partial charge >= 0.3 is 6.09 Å². The van der Waals surface area contributed by atoms with E-state index >= 15 is 0 Å². The lowest BCUT2D eigenvalue weighted by Gasteiger charge is -2.26. The van der Waals surface area contributed by atoms with Gasteiger partial charge in [0.25, 0.3) is 0 Å². The summed E-state index contributed by atoms with van der Waals surface area (Å²) in [7, 11) is 1.88. The summed E-state index contributed by atoms with van der Waals surface area (Å²) in [5.74, 6) is 0.589. The second-order valence-electron chi connectivity index (χ2n) is 7.26. The number of rotatable bonds is 6. The first kappa shape index (κ1) is 17.7. The van der Waals surface area contributed by atoms with Gasteiger partial charge in [-0.1, -0.05) is 18.1 Å². The van der Waals surface area contributed by atoms with Crippen molar-refractivity contribution in [3.05, 3.63) is 11.9 Å². The highest BCUT2D eigenvalue weighted by Crippen LogP contribution is 2.27. The van der Waals surface area contributed by atoms with E-state index in [1.807, 2.05) is 27.8 Å². The van der Waals surface area contributed by atoms with E-state index in [9.17, 15) is 4.79 Å². The zero-order valence-electron chi connectivity index (χ0n) is 14.6. The molecule has 2 rings (SSSR count). The number of alkyl carbamates (subject to hydrolysis) is 1. The molecule has 7 heteroatoms. The summed E-state index contributed by atoms with van der Waals surface area (Å²) in [4.78, 5) is 11.9. The molecular weight excluding hydrogens is 294 g/mol. The molecule has 0 radical (unpaired) electrons. The molecule has 1 saturated carbocycles. The number of ether oxygens (including phenoxy) is 1. The average molecular weight is 323 g/mol. The van der Waals surface area contributed by atoms with E-state index < -0.39 is 5.60 Å². The minimum atomic E-state index is -0.471. The summed E-state index contributed by atoms with van der Waals surface area (Å²) in [6, 6.07) is 0.236. The van der Waals surface area contributed by atoms with Crippen LogP contribution in [0.4, 0.5) is 4.79 Å². The quantitative estimate of drug-likeness (QED) is 0.837. The zero-order valence-corrected chi connectivity index (χ0v) is 14.6. The van der Waals surface area contributed by atoms with Crippen LogP contribution in [0.3, 0.4) is 0 Å². The first-order valence-corrected chi connectivity index (χ1v) is 8.39. The zero-order chi connectivity index (χ0) is 16.9. The molecule has 0 aliphatic heterocycles. The summed E-state index contributed by atoms with van der Waals surface area (Å²) >= 11 is 0. The topological polar surface area (TPSA) is 81.1 Å². The van der Waals surface area contributed by atoms with Crippen LogP contribution in [0.15, 0.2) is 6.20 Å². The maximum atomic E-state index is 11.9. The minimum absolute atomic E-state index is 0.236. The van der Waals surface area contributed by atoms with E-state index in [2.05, 4.69) is 20.9 Å². The Morgan fingerprint density at radius 1 is 1.43 bits per heavy atom. The van der Waals surface area contributed by atoms with Gasteiger partial charge in [0.15, 0.2) is 0 Å². The third-order valence-corrected chi connectivity index (χ3v) is 4.19. The lowest BCUT2D eigenvalue weighted by Crippen LogP contribution is -2.46. The van der Waals surface area contributed by atoms with Crippen molar-refractivity contribution in [3.8, 4) is 0 Å². The Morgan fingerprint density at radius 2 is 2.13 bits per heavy atom. The van der Waals surface area contributed by atoms with E-state index in [0.717, 1.165) is 5.69 Å². The van der Waals surface area contributed by atoms with Crippen LogP contribution in [0.25, 0.3) is 0 Å². The maximum Gasteiger partial charge on any atom is 0.407 e. The third kappa shape index (κ3) is 5.82. The average Bonchev–Trinajstić information content (AvgIpc) is 3.09. The number of aromatic nitrogens is 3. The number of hydrogen-bond acceptors (Lipinski definition) is 5. The van der Waals surface area contributed by atoms with Crippen molar-refractivity contribution in [2.45, 2.75) is 64.6 Å². The molecule has 1 atom stereocenters. The second kappa shape index (κ2) is 7.77. The van der Waals surface area contributed by atoms with Gasteiger partial charge in [-0.05, 0) is 39.5 Å². The second-order valence-corrected chi connectivity index (χ2v) is 7.26. The number of carbonyl (C=O) groups excluding carboxylic acids is 1. The molecular formula is C16H29N5O2. The van der Waals surface area contributed by atoms with Gasteiger partial charge in [0.05, 0.1) is 11.9 Å².